The number of hydrogen-bond donors (Lipinski definition) is 2. The van der Waals surface area contributed by atoms with Gasteiger partial charge >= 0.3 is 0 Å². The maximum atomic E-state index is 6.22. The van der Waals surface area contributed by atoms with Crippen LogP contribution in [0.3, 0.4) is 0 Å². The summed E-state index contributed by atoms with van der Waals surface area (Å²) in [7, 11) is 0. The van der Waals surface area contributed by atoms with Crippen LogP contribution in [-0.4, -0.2) is 67.6 Å². The van der Waals surface area contributed by atoms with Crippen molar-refractivity contribution in [2.45, 2.75) is 33.4 Å². The van der Waals surface area contributed by atoms with E-state index in [0.29, 0.717) is 12.6 Å². The summed E-state index contributed by atoms with van der Waals surface area (Å²) in [6, 6.07) is 8.35. The zero-order valence-corrected chi connectivity index (χ0v) is 16.5. The molecule has 0 bridgehead atoms. The van der Waals surface area contributed by atoms with Gasteiger partial charge in [0, 0.05) is 50.3 Å². The molecule has 1 atom stereocenters. The number of piperazine rings is 1. The summed E-state index contributed by atoms with van der Waals surface area (Å²) in [6.45, 7) is 14.7. The average molecular weight is 366 g/mol. The van der Waals surface area contributed by atoms with Crippen LogP contribution in [0.2, 0.25) is 5.02 Å². The van der Waals surface area contributed by atoms with Gasteiger partial charge < -0.3 is 15.5 Å². The van der Waals surface area contributed by atoms with Gasteiger partial charge in [-0.05, 0) is 32.0 Å². The predicted molar refractivity (Wildman–Crippen MR) is 107 cm³/mol. The quantitative estimate of drug-likeness (QED) is 0.575. The van der Waals surface area contributed by atoms with Gasteiger partial charge in [-0.1, -0.05) is 36.7 Å². The zero-order valence-electron chi connectivity index (χ0n) is 15.8. The Hall–Kier alpha value is -1.30. The Morgan fingerprint density at radius 1 is 1.16 bits per heavy atom. The maximum Gasteiger partial charge on any atom is 0.191 e. The summed E-state index contributed by atoms with van der Waals surface area (Å²) < 4.78 is 0. The lowest BCUT2D eigenvalue weighted by Crippen LogP contribution is -2.53. The van der Waals surface area contributed by atoms with Crippen molar-refractivity contribution < 1.29 is 0 Å². The minimum Gasteiger partial charge on any atom is -0.357 e. The van der Waals surface area contributed by atoms with Gasteiger partial charge in [0.1, 0.15) is 0 Å². The molecule has 140 valence electrons. The molecule has 1 aromatic carbocycles. The fraction of sp³-hybridized carbons (Fsp3) is 0.632. The van der Waals surface area contributed by atoms with Crippen LogP contribution >= 0.6 is 11.6 Å². The number of aliphatic imine (C=N–C) groups is 1. The first-order valence-corrected chi connectivity index (χ1v) is 9.73. The molecule has 5 nitrogen and oxygen atoms in total. The van der Waals surface area contributed by atoms with Gasteiger partial charge in [-0.3, -0.25) is 4.90 Å². The second-order valence-electron chi connectivity index (χ2n) is 6.49. The summed E-state index contributed by atoms with van der Waals surface area (Å²) in [5, 5.41) is 7.56. The van der Waals surface area contributed by atoms with E-state index in [-0.39, 0.29) is 0 Å². The van der Waals surface area contributed by atoms with E-state index in [1.54, 1.807) is 0 Å². The molecule has 0 aromatic heterocycles. The Morgan fingerprint density at radius 2 is 1.88 bits per heavy atom. The van der Waals surface area contributed by atoms with Crippen molar-refractivity contribution in [3.05, 3.63) is 34.9 Å². The Balaban J connectivity index is 1.84. The summed E-state index contributed by atoms with van der Waals surface area (Å²) in [5.41, 5.74) is 1.05. The monoisotopic (exact) mass is 365 g/mol. The summed E-state index contributed by atoms with van der Waals surface area (Å²) in [4.78, 5) is 9.73. The van der Waals surface area contributed by atoms with Gasteiger partial charge in [0.2, 0.25) is 0 Å². The Labute approximate surface area is 157 Å². The highest BCUT2D eigenvalue weighted by Crippen LogP contribution is 2.15. The van der Waals surface area contributed by atoms with Gasteiger partial charge in [-0.2, -0.15) is 0 Å². The van der Waals surface area contributed by atoms with Crippen molar-refractivity contribution >= 4 is 17.6 Å². The molecule has 25 heavy (non-hydrogen) atoms. The number of guanidine groups is 1. The van der Waals surface area contributed by atoms with E-state index in [2.05, 4.69) is 46.2 Å². The highest BCUT2D eigenvalue weighted by atomic mass is 35.5. The molecular formula is C19H32ClN5. The van der Waals surface area contributed by atoms with E-state index in [4.69, 9.17) is 11.6 Å². The number of likely N-dealkylation sites (N-methyl/N-ethyl adjacent to an activating group) is 1. The number of halogens is 1. The van der Waals surface area contributed by atoms with Crippen LogP contribution in [0.5, 0.6) is 0 Å². The van der Waals surface area contributed by atoms with Gasteiger partial charge in [0.25, 0.3) is 0 Å². The molecule has 0 spiro atoms. The lowest BCUT2D eigenvalue weighted by atomic mass is 10.2. The third-order valence-corrected chi connectivity index (χ3v) is 5.12. The number of hydrogen-bond acceptors (Lipinski definition) is 3. The number of nitrogens with zero attached hydrogens (tertiary/aromatic N) is 3. The lowest BCUT2D eigenvalue weighted by Gasteiger charge is -2.37. The molecule has 1 heterocycles. The number of benzene rings is 1. The zero-order chi connectivity index (χ0) is 18.1. The normalized spacial score (nSPS) is 18.2. The van der Waals surface area contributed by atoms with Crippen molar-refractivity contribution in [1.29, 1.82) is 0 Å². The summed E-state index contributed by atoms with van der Waals surface area (Å²) in [5.74, 6) is 0.849. The number of rotatable bonds is 7. The molecule has 1 aliphatic rings. The van der Waals surface area contributed by atoms with Gasteiger partial charge in [-0.25, -0.2) is 4.99 Å². The standard InChI is InChI=1S/C19H32ClN5/c1-4-21-19(23-15-17-8-6-7-9-18(17)20)22-14-16(3)25-12-10-24(5-2)11-13-25/h6-9,16H,4-5,10-15H2,1-3H3,(H2,21,22,23). The molecule has 0 saturated carbocycles. The summed E-state index contributed by atoms with van der Waals surface area (Å²) >= 11 is 6.22. The first-order chi connectivity index (χ1) is 12.1. The second kappa shape index (κ2) is 10.6. The molecule has 1 saturated heterocycles. The van der Waals surface area contributed by atoms with Crippen molar-refractivity contribution in [3.63, 3.8) is 0 Å². The minimum atomic E-state index is 0.489. The van der Waals surface area contributed by atoms with Crippen molar-refractivity contribution in [2.75, 3.05) is 45.8 Å². The van der Waals surface area contributed by atoms with Crippen LogP contribution in [0.4, 0.5) is 0 Å². The van der Waals surface area contributed by atoms with Gasteiger partial charge in [0.15, 0.2) is 5.96 Å². The van der Waals surface area contributed by atoms with Crippen LogP contribution in [0.25, 0.3) is 0 Å². The van der Waals surface area contributed by atoms with Crippen LogP contribution in [0.1, 0.15) is 26.3 Å². The SMILES string of the molecule is CCNC(=NCc1ccccc1Cl)NCC(C)N1CCN(CC)CC1. The highest BCUT2D eigenvalue weighted by Gasteiger charge is 2.20. The molecule has 6 heteroatoms. The topological polar surface area (TPSA) is 42.9 Å². The minimum absolute atomic E-state index is 0.489. The number of nitrogens with one attached hydrogen (secondary N) is 2. The van der Waals surface area contributed by atoms with Crippen LogP contribution in [0, 0.1) is 0 Å². The van der Waals surface area contributed by atoms with E-state index in [0.717, 1.165) is 49.3 Å². The fourth-order valence-corrected chi connectivity index (χ4v) is 3.22. The molecular weight excluding hydrogens is 334 g/mol. The summed E-state index contributed by atoms with van der Waals surface area (Å²) in [6.07, 6.45) is 0. The third-order valence-electron chi connectivity index (χ3n) is 4.75. The third kappa shape index (κ3) is 6.49. The van der Waals surface area contributed by atoms with Crippen molar-refractivity contribution in [1.82, 2.24) is 20.4 Å². The van der Waals surface area contributed by atoms with Crippen LogP contribution < -0.4 is 10.6 Å². The van der Waals surface area contributed by atoms with Crippen LogP contribution in [-0.2, 0) is 6.54 Å². The molecule has 0 aliphatic carbocycles. The molecule has 2 N–H and O–H groups in total. The Kier molecular flexibility index (Phi) is 8.52. The largest absolute Gasteiger partial charge is 0.357 e. The smallest absolute Gasteiger partial charge is 0.191 e. The van der Waals surface area contributed by atoms with E-state index >= 15 is 0 Å². The molecule has 1 fully saturated rings. The molecule has 0 radical (unpaired) electrons. The fourth-order valence-electron chi connectivity index (χ4n) is 3.03. The van der Waals surface area contributed by atoms with Crippen molar-refractivity contribution in [2.24, 2.45) is 4.99 Å². The van der Waals surface area contributed by atoms with E-state index in [9.17, 15) is 0 Å². The Morgan fingerprint density at radius 3 is 2.52 bits per heavy atom. The molecule has 0 amide bonds. The van der Waals surface area contributed by atoms with E-state index in [1.807, 2.05) is 24.3 Å². The molecule has 1 aromatic rings. The van der Waals surface area contributed by atoms with Crippen molar-refractivity contribution in [3.8, 4) is 0 Å². The van der Waals surface area contributed by atoms with E-state index < -0.39 is 0 Å². The highest BCUT2D eigenvalue weighted by molar-refractivity contribution is 6.31. The Bertz CT molecular complexity index is 540. The second-order valence-corrected chi connectivity index (χ2v) is 6.89. The molecule has 1 aliphatic heterocycles. The molecule has 2 rings (SSSR count). The molecule has 1 unspecified atom stereocenters. The van der Waals surface area contributed by atoms with Gasteiger partial charge in [0.05, 0.1) is 6.54 Å². The lowest BCUT2D eigenvalue weighted by molar-refractivity contribution is 0.107. The first kappa shape index (κ1) is 20.0. The average Bonchev–Trinajstić information content (AvgIpc) is 2.65. The maximum absolute atomic E-state index is 6.22. The first-order valence-electron chi connectivity index (χ1n) is 9.36. The predicted octanol–water partition coefficient (Wildman–Crippen LogP) is 2.42. The van der Waals surface area contributed by atoms with E-state index in [1.165, 1.54) is 13.1 Å². The van der Waals surface area contributed by atoms with Crippen LogP contribution in [0.15, 0.2) is 29.3 Å². The van der Waals surface area contributed by atoms with Gasteiger partial charge in [-0.15, -0.1) is 0 Å².